The van der Waals surface area contributed by atoms with E-state index in [1.807, 2.05) is 27.8 Å². The van der Waals surface area contributed by atoms with Crippen molar-refractivity contribution in [3.63, 3.8) is 0 Å². The van der Waals surface area contributed by atoms with Crippen molar-refractivity contribution in [3.05, 3.63) is 0 Å². The zero-order valence-corrected chi connectivity index (χ0v) is 14.8. The highest BCUT2D eigenvalue weighted by Gasteiger charge is 2.63. The maximum absolute atomic E-state index is 12.6. The summed E-state index contributed by atoms with van der Waals surface area (Å²) in [6.45, 7) is 13.8. The number of carbonyl (C=O) groups is 1. The van der Waals surface area contributed by atoms with Gasteiger partial charge in [-0.15, -0.1) is 12.4 Å². The molecule has 1 aliphatic rings. The lowest BCUT2D eigenvalue weighted by Gasteiger charge is -2.58. The number of ether oxygens (including phenoxy) is 1. The molecule has 1 aliphatic carbocycles. The minimum Gasteiger partial charge on any atom is -0.378 e. The van der Waals surface area contributed by atoms with Crippen molar-refractivity contribution >= 4 is 18.3 Å². The summed E-state index contributed by atoms with van der Waals surface area (Å²) >= 11 is 0. The zero-order valence-electron chi connectivity index (χ0n) is 13.9. The largest absolute Gasteiger partial charge is 0.378 e. The van der Waals surface area contributed by atoms with Gasteiger partial charge in [0.2, 0.25) is 5.91 Å². The molecule has 0 bridgehead atoms. The van der Waals surface area contributed by atoms with Crippen LogP contribution in [-0.4, -0.2) is 42.6 Å². The van der Waals surface area contributed by atoms with Gasteiger partial charge in [0.25, 0.3) is 0 Å². The van der Waals surface area contributed by atoms with Crippen LogP contribution in [0.3, 0.4) is 0 Å². The summed E-state index contributed by atoms with van der Waals surface area (Å²) in [6.07, 6.45) is 0.690. The number of nitrogens with two attached hydrogens (primary N) is 1. The molecule has 0 spiro atoms. The number of halogens is 1. The van der Waals surface area contributed by atoms with Crippen molar-refractivity contribution in [2.45, 2.75) is 59.6 Å². The Hall–Kier alpha value is -0.320. The Morgan fingerprint density at radius 1 is 1.40 bits per heavy atom. The van der Waals surface area contributed by atoms with E-state index in [1.54, 1.807) is 4.90 Å². The molecule has 1 fully saturated rings. The van der Waals surface area contributed by atoms with Gasteiger partial charge in [-0.1, -0.05) is 34.6 Å². The third kappa shape index (κ3) is 3.46. The van der Waals surface area contributed by atoms with Gasteiger partial charge in [-0.3, -0.25) is 4.79 Å². The first-order valence-electron chi connectivity index (χ1n) is 7.12. The summed E-state index contributed by atoms with van der Waals surface area (Å²) in [5, 5.41) is 0. The summed E-state index contributed by atoms with van der Waals surface area (Å²) in [5.74, 6) is 0.0309. The normalized spacial score (nSPS) is 28.3. The fourth-order valence-electron chi connectivity index (χ4n) is 2.92. The van der Waals surface area contributed by atoms with Crippen molar-refractivity contribution in [2.24, 2.45) is 16.6 Å². The van der Waals surface area contributed by atoms with E-state index in [9.17, 15) is 4.79 Å². The fraction of sp³-hybridized carbons (Fsp3) is 0.933. The molecular weight excluding hydrogens is 276 g/mol. The highest BCUT2D eigenvalue weighted by molar-refractivity contribution is 5.88. The molecule has 120 valence electrons. The Morgan fingerprint density at radius 2 is 1.90 bits per heavy atom. The van der Waals surface area contributed by atoms with Crippen LogP contribution in [0.4, 0.5) is 0 Å². The highest BCUT2D eigenvalue weighted by Crippen LogP contribution is 2.50. The van der Waals surface area contributed by atoms with E-state index < -0.39 is 5.54 Å². The molecule has 4 nitrogen and oxygen atoms in total. The molecule has 0 saturated heterocycles. The van der Waals surface area contributed by atoms with E-state index in [-0.39, 0.29) is 35.2 Å². The lowest BCUT2D eigenvalue weighted by Crippen LogP contribution is -2.76. The van der Waals surface area contributed by atoms with Crippen LogP contribution in [0.1, 0.15) is 48.0 Å². The van der Waals surface area contributed by atoms with Gasteiger partial charge in [0.05, 0.1) is 6.10 Å². The van der Waals surface area contributed by atoms with Crippen LogP contribution in [0.15, 0.2) is 0 Å². The first-order chi connectivity index (χ1) is 8.45. The Balaban J connectivity index is 0.00000361. The van der Waals surface area contributed by atoms with Crippen molar-refractivity contribution in [2.75, 3.05) is 20.2 Å². The second-order valence-electron chi connectivity index (χ2n) is 7.56. The lowest BCUT2D eigenvalue weighted by atomic mass is 9.54. The quantitative estimate of drug-likeness (QED) is 0.868. The molecule has 2 atom stereocenters. The maximum atomic E-state index is 12.6. The van der Waals surface area contributed by atoms with Crippen LogP contribution >= 0.6 is 12.4 Å². The van der Waals surface area contributed by atoms with Crippen LogP contribution in [0, 0.1) is 10.8 Å². The smallest absolute Gasteiger partial charge is 0.243 e. The van der Waals surface area contributed by atoms with Gasteiger partial charge in [-0.25, -0.2) is 0 Å². The SMILES string of the molecule is CCOC1CC(N)(C(=O)N(C)CC(C)(C)C)C1(C)C.Cl. The van der Waals surface area contributed by atoms with E-state index >= 15 is 0 Å². The molecule has 0 aromatic heterocycles. The Bertz CT molecular complexity index is 352. The first-order valence-corrected chi connectivity index (χ1v) is 7.12. The minimum absolute atomic E-state index is 0. The van der Waals surface area contributed by atoms with Crippen LogP contribution in [0.2, 0.25) is 0 Å². The van der Waals surface area contributed by atoms with Crippen LogP contribution < -0.4 is 5.73 Å². The van der Waals surface area contributed by atoms with Crippen molar-refractivity contribution in [3.8, 4) is 0 Å². The molecule has 0 heterocycles. The topological polar surface area (TPSA) is 55.6 Å². The highest BCUT2D eigenvalue weighted by atomic mass is 35.5. The molecule has 1 rings (SSSR count). The molecule has 0 radical (unpaired) electrons. The third-order valence-electron chi connectivity index (χ3n) is 4.27. The van der Waals surface area contributed by atoms with E-state index in [4.69, 9.17) is 10.5 Å². The molecule has 1 saturated carbocycles. The maximum Gasteiger partial charge on any atom is 0.243 e. The van der Waals surface area contributed by atoms with E-state index in [0.29, 0.717) is 19.6 Å². The molecule has 2 N–H and O–H groups in total. The predicted molar refractivity (Wildman–Crippen MR) is 85.1 cm³/mol. The fourth-order valence-corrected chi connectivity index (χ4v) is 2.92. The number of rotatable bonds is 4. The number of nitrogens with zero attached hydrogens (tertiary/aromatic N) is 1. The zero-order chi connectivity index (χ0) is 15.1. The summed E-state index contributed by atoms with van der Waals surface area (Å²) in [6, 6.07) is 0. The molecule has 2 unspecified atom stereocenters. The predicted octanol–water partition coefficient (Wildman–Crippen LogP) is 2.45. The second-order valence-corrected chi connectivity index (χ2v) is 7.56. The molecule has 0 aromatic carbocycles. The van der Waals surface area contributed by atoms with E-state index in [0.717, 1.165) is 0 Å². The first kappa shape index (κ1) is 19.7. The minimum atomic E-state index is -0.799. The standard InChI is InChI=1S/C15H30N2O2.ClH/c1-8-19-11-9-15(16,14(11,5)6)12(18)17(7)10-13(2,3)4;/h11H,8-10,16H2,1-7H3;1H. The van der Waals surface area contributed by atoms with Gasteiger partial charge in [-0.05, 0) is 12.3 Å². The average molecular weight is 307 g/mol. The molecule has 20 heavy (non-hydrogen) atoms. The van der Waals surface area contributed by atoms with E-state index in [1.165, 1.54) is 0 Å². The Morgan fingerprint density at radius 3 is 2.25 bits per heavy atom. The molecule has 1 amide bonds. The summed E-state index contributed by atoms with van der Waals surface area (Å²) in [5.41, 5.74) is 5.36. The third-order valence-corrected chi connectivity index (χ3v) is 4.27. The Labute approximate surface area is 129 Å². The van der Waals surface area contributed by atoms with E-state index in [2.05, 4.69) is 20.8 Å². The van der Waals surface area contributed by atoms with Gasteiger partial charge in [0.15, 0.2) is 0 Å². The van der Waals surface area contributed by atoms with Crippen molar-refractivity contribution in [1.29, 1.82) is 0 Å². The van der Waals surface area contributed by atoms with Gasteiger partial charge in [-0.2, -0.15) is 0 Å². The van der Waals surface area contributed by atoms with Gasteiger partial charge < -0.3 is 15.4 Å². The van der Waals surface area contributed by atoms with Crippen molar-refractivity contribution < 1.29 is 9.53 Å². The molecule has 0 aliphatic heterocycles. The molecular formula is C15H31ClN2O2. The Kier molecular flexibility index (Phi) is 6.10. The van der Waals surface area contributed by atoms with Crippen LogP contribution in [0.5, 0.6) is 0 Å². The summed E-state index contributed by atoms with van der Waals surface area (Å²) < 4.78 is 5.67. The number of amides is 1. The summed E-state index contributed by atoms with van der Waals surface area (Å²) in [4.78, 5) is 14.4. The molecule has 5 heteroatoms. The van der Waals surface area contributed by atoms with Gasteiger partial charge >= 0.3 is 0 Å². The van der Waals surface area contributed by atoms with Crippen LogP contribution in [-0.2, 0) is 9.53 Å². The number of carbonyl (C=O) groups excluding carboxylic acids is 1. The summed E-state index contributed by atoms with van der Waals surface area (Å²) in [7, 11) is 1.84. The monoisotopic (exact) mass is 306 g/mol. The number of hydrogen-bond acceptors (Lipinski definition) is 3. The van der Waals surface area contributed by atoms with Gasteiger partial charge in [0.1, 0.15) is 5.54 Å². The van der Waals surface area contributed by atoms with Gasteiger partial charge in [0, 0.05) is 32.0 Å². The van der Waals surface area contributed by atoms with Crippen LogP contribution in [0.25, 0.3) is 0 Å². The van der Waals surface area contributed by atoms with Crippen molar-refractivity contribution in [1.82, 2.24) is 4.90 Å². The number of likely N-dealkylation sites (N-methyl/N-ethyl adjacent to an activating group) is 1. The average Bonchev–Trinajstić information content (AvgIpc) is 2.25. The lowest BCUT2D eigenvalue weighted by molar-refractivity contribution is -0.179. The number of hydrogen-bond donors (Lipinski definition) is 1. The molecule has 0 aromatic rings. The second kappa shape index (κ2) is 6.20.